The molecule has 132 valence electrons. The maximum absolute atomic E-state index is 11.3. The molecule has 0 radical (unpaired) electrons. The smallest absolute Gasteiger partial charge is 0.400 e. The molecule has 1 aliphatic rings. The minimum absolute atomic E-state index is 0.169. The molecule has 8 heteroatoms. The van der Waals surface area contributed by atoms with Crippen LogP contribution in [0, 0.1) is 11.3 Å². The second-order valence-corrected chi connectivity index (χ2v) is 7.29. The summed E-state index contributed by atoms with van der Waals surface area (Å²) in [6.45, 7) is 9.48. The Balaban J connectivity index is 2.40. The molecule has 0 spiro atoms. The van der Waals surface area contributed by atoms with Crippen molar-refractivity contribution in [1.29, 1.82) is 5.26 Å². The number of aromatic nitrogens is 1. The molecule has 0 unspecified atom stereocenters. The highest BCUT2D eigenvalue weighted by Gasteiger charge is 2.52. The molecule has 1 aliphatic heterocycles. The molecule has 0 bridgehead atoms. The van der Waals surface area contributed by atoms with Crippen molar-refractivity contribution in [2.45, 2.75) is 45.8 Å². The van der Waals surface area contributed by atoms with E-state index < -0.39 is 18.3 Å². The Morgan fingerprint density at radius 3 is 2.52 bits per heavy atom. The van der Waals surface area contributed by atoms with E-state index in [2.05, 4.69) is 10.3 Å². The van der Waals surface area contributed by atoms with E-state index in [-0.39, 0.29) is 17.6 Å². The zero-order chi connectivity index (χ0) is 18.8. The van der Waals surface area contributed by atoms with E-state index >= 15 is 0 Å². The molecule has 2 rings (SSSR count). The average Bonchev–Trinajstić information content (AvgIpc) is 2.73. The van der Waals surface area contributed by atoms with Gasteiger partial charge in [-0.05, 0) is 39.2 Å². The standard InChI is InChI=1S/C17H21BClN3O3/c1-11(23)21-10-14(18-24-16(2,3)17(4,5)25-18)7-13-6-12(8-20)9-22-15(13)19/h6-7,9H,10H2,1-5H3,(H,21,23). The van der Waals surface area contributed by atoms with Crippen molar-refractivity contribution in [2.75, 3.05) is 6.54 Å². The van der Waals surface area contributed by atoms with Crippen molar-refractivity contribution in [3.05, 3.63) is 34.0 Å². The number of amides is 1. The van der Waals surface area contributed by atoms with E-state index in [0.29, 0.717) is 16.6 Å². The zero-order valence-electron chi connectivity index (χ0n) is 15.0. The Labute approximate surface area is 153 Å². The topological polar surface area (TPSA) is 84.2 Å². The van der Waals surface area contributed by atoms with Gasteiger partial charge in [0.15, 0.2) is 0 Å². The summed E-state index contributed by atoms with van der Waals surface area (Å²) in [6, 6.07) is 3.66. The molecule has 1 fully saturated rings. The van der Waals surface area contributed by atoms with Crippen LogP contribution in [0.25, 0.3) is 6.08 Å². The van der Waals surface area contributed by atoms with E-state index in [9.17, 15) is 4.79 Å². The van der Waals surface area contributed by atoms with Crippen LogP contribution < -0.4 is 5.32 Å². The number of halogens is 1. The summed E-state index contributed by atoms with van der Waals surface area (Å²) < 4.78 is 12.1. The number of hydrogen-bond acceptors (Lipinski definition) is 5. The summed E-state index contributed by atoms with van der Waals surface area (Å²) in [5, 5.41) is 12.1. The number of nitriles is 1. The van der Waals surface area contributed by atoms with Crippen LogP contribution in [0.5, 0.6) is 0 Å². The molecule has 1 amide bonds. The maximum atomic E-state index is 11.3. The molecule has 0 aliphatic carbocycles. The molecule has 1 saturated heterocycles. The second-order valence-electron chi connectivity index (χ2n) is 6.93. The normalized spacial score (nSPS) is 18.8. The number of rotatable bonds is 4. The van der Waals surface area contributed by atoms with Crippen LogP contribution in [0.2, 0.25) is 5.15 Å². The van der Waals surface area contributed by atoms with Crippen LogP contribution in [-0.4, -0.2) is 35.8 Å². The minimum Gasteiger partial charge on any atom is -0.400 e. The van der Waals surface area contributed by atoms with Gasteiger partial charge in [-0.25, -0.2) is 4.98 Å². The monoisotopic (exact) mass is 361 g/mol. The predicted molar refractivity (Wildman–Crippen MR) is 96.7 cm³/mol. The molecule has 0 atom stereocenters. The van der Waals surface area contributed by atoms with E-state index in [4.69, 9.17) is 26.2 Å². The number of carbonyl (C=O) groups is 1. The van der Waals surface area contributed by atoms with Gasteiger partial charge in [0.25, 0.3) is 0 Å². The van der Waals surface area contributed by atoms with Gasteiger partial charge in [0.05, 0.1) is 16.8 Å². The zero-order valence-corrected chi connectivity index (χ0v) is 15.8. The van der Waals surface area contributed by atoms with E-state index in [1.54, 1.807) is 12.1 Å². The molecule has 0 aromatic carbocycles. The van der Waals surface area contributed by atoms with Gasteiger partial charge in [-0.15, -0.1) is 0 Å². The summed E-state index contributed by atoms with van der Waals surface area (Å²) >= 11 is 6.14. The van der Waals surface area contributed by atoms with Crippen molar-refractivity contribution in [3.8, 4) is 6.07 Å². The Kier molecular flexibility index (Phi) is 5.57. The first kappa shape index (κ1) is 19.4. The largest absolute Gasteiger partial charge is 0.492 e. The molecule has 25 heavy (non-hydrogen) atoms. The lowest BCUT2D eigenvalue weighted by atomic mass is 9.77. The van der Waals surface area contributed by atoms with Crippen LogP contribution in [0.1, 0.15) is 45.7 Å². The van der Waals surface area contributed by atoms with Crippen molar-refractivity contribution in [2.24, 2.45) is 0 Å². The molecule has 1 aromatic heterocycles. The average molecular weight is 362 g/mol. The van der Waals surface area contributed by atoms with Gasteiger partial charge in [-0.2, -0.15) is 5.26 Å². The number of hydrogen-bond donors (Lipinski definition) is 1. The summed E-state index contributed by atoms with van der Waals surface area (Å²) in [4.78, 5) is 15.3. The van der Waals surface area contributed by atoms with Crippen LogP contribution in [-0.2, 0) is 14.1 Å². The first-order valence-electron chi connectivity index (χ1n) is 7.92. The van der Waals surface area contributed by atoms with E-state index in [1.165, 1.54) is 13.1 Å². The maximum Gasteiger partial charge on any atom is 0.492 e. The summed E-state index contributed by atoms with van der Waals surface area (Å²) in [5.74, 6) is -0.169. The van der Waals surface area contributed by atoms with Crippen molar-refractivity contribution >= 4 is 30.7 Å². The molecular weight excluding hydrogens is 340 g/mol. The first-order chi connectivity index (χ1) is 11.6. The third kappa shape index (κ3) is 4.40. The highest BCUT2D eigenvalue weighted by Crippen LogP contribution is 2.38. The van der Waals surface area contributed by atoms with Gasteiger partial charge in [-0.3, -0.25) is 4.79 Å². The third-order valence-electron chi connectivity index (χ3n) is 4.43. The Morgan fingerprint density at radius 2 is 2.00 bits per heavy atom. The van der Waals surface area contributed by atoms with E-state index in [1.807, 2.05) is 33.8 Å². The second kappa shape index (κ2) is 7.16. The van der Waals surface area contributed by atoms with Crippen LogP contribution in [0.15, 0.2) is 17.7 Å². The van der Waals surface area contributed by atoms with Crippen molar-refractivity contribution in [3.63, 3.8) is 0 Å². The highest BCUT2D eigenvalue weighted by atomic mass is 35.5. The van der Waals surface area contributed by atoms with Gasteiger partial charge < -0.3 is 14.6 Å². The molecule has 1 N–H and O–H groups in total. The Morgan fingerprint density at radius 1 is 1.40 bits per heavy atom. The third-order valence-corrected chi connectivity index (χ3v) is 4.75. The molecule has 6 nitrogen and oxygen atoms in total. The van der Waals surface area contributed by atoms with E-state index in [0.717, 1.165) is 0 Å². The number of carbonyl (C=O) groups excluding carboxylic acids is 1. The number of nitrogens with zero attached hydrogens (tertiary/aromatic N) is 2. The fraction of sp³-hybridized carbons (Fsp3) is 0.471. The highest BCUT2D eigenvalue weighted by molar-refractivity contribution is 6.56. The fourth-order valence-electron chi connectivity index (χ4n) is 2.25. The predicted octanol–water partition coefficient (Wildman–Crippen LogP) is 2.76. The lowest BCUT2D eigenvalue weighted by molar-refractivity contribution is -0.118. The molecule has 2 heterocycles. The molecular formula is C17H21BClN3O3. The van der Waals surface area contributed by atoms with Crippen LogP contribution in [0.3, 0.4) is 0 Å². The van der Waals surface area contributed by atoms with Gasteiger partial charge in [0.2, 0.25) is 5.91 Å². The quantitative estimate of drug-likeness (QED) is 0.658. The van der Waals surface area contributed by atoms with Gasteiger partial charge in [-0.1, -0.05) is 17.7 Å². The summed E-state index contributed by atoms with van der Waals surface area (Å²) in [5.41, 5.74) is 0.624. The Bertz CT molecular complexity index is 740. The van der Waals surface area contributed by atoms with Crippen LogP contribution in [0.4, 0.5) is 0 Å². The molecule has 0 saturated carbocycles. The van der Waals surface area contributed by atoms with Crippen LogP contribution >= 0.6 is 11.6 Å². The fourth-order valence-corrected chi connectivity index (χ4v) is 2.41. The number of nitrogens with one attached hydrogen (secondary N) is 1. The van der Waals surface area contributed by atoms with Crippen molar-refractivity contribution < 1.29 is 14.1 Å². The summed E-state index contributed by atoms with van der Waals surface area (Å²) in [6.07, 6.45) is 3.15. The van der Waals surface area contributed by atoms with Gasteiger partial charge in [0.1, 0.15) is 11.2 Å². The number of pyridine rings is 1. The van der Waals surface area contributed by atoms with Gasteiger partial charge in [0, 0.05) is 25.2 Å². The van der Waals surface area contributed by atoms with Gasteiger partial charge >= 0.3 is 7.12 Å². The lowest BCUT2D eigenvalue weighted by Crippen LogP contribution is -2.41. The Hall–Kier alpha value is -1.88. The summed E-state index contributed by atoms with van der Waals surface area (Å²) in [7, 11) is -0.640. The minimum atomic E-state index is -0.640. The SMILES string of the molecule is CC(=O)NCC(=Cc1cc(C#N)cnc1Cl)B1OC(C)(C)C(C)(C)O1. The first-order valence-corrected chi connectivity index (χ1v) is 8.30. The van der Waals surface area contributed by atoms with Crippen molar-refractivity contribution in [1.82, 2.24) is 10.3 Å². The molecule has 1 aromatic rings. The lowest BCUT2D eigenvalue weighted by Gasteiger charge is -2.32.